The minimum absolute atomic E-state index is 0.111. The smallest absolute Gasteiger partial charge is 0.267 e. The molecule has 6 nitrogen and oxygen atoms in total. The first kappa shape index (κ1) is 18.6. The normalized spacial score (nSPS) is 15.2. The molecule has 2 heterocycles. The summed E-state index contributed by atoms with van der Waals surface area (Å²) in [6.45, 7) is 1.67. The van der Waals surface area contributed by atoms with E-state index in [1.165, 1.54) is 16.9 Å². The van der Waals surface area contributed by atoms with Crippen molar-refractivity contribution in [3.8, 4) is 0 Å². The second-order valence-electron chi connectivity index (χ2n) is 6.44. The highest BCUT2D eigenvalue weighted by Crippen LogP contribution is 2.26. The number of thiazole rings is 1. The lowest BCUT2D eigenvalue weighted by Gasteiger charge is -2.30. The predicted octanol–water partition coefficient (Wildman–Crippen LogP) is 2.44. The van der Waals surface area contributed by atoms with Gasteiger partial charge in [0.1, 0.15) is 10.7 Å². The number of amides is 2. The number of nitrogens with two attached hydrogens (primary N) is 2. The molecule has 0 unspecified atom stereocenters. The second-order valence-corrected chi connectivity index (χ2v) is 8.08. The number of primary amides is 1. The standard InChI is InChI=1S/C18H22N4O2S2/c19-15-14(17(24)21-9-7-13(8-10-21)16(20)23)26-18(25)22(15)11-6-12-4-2-1-3-5-12/h1-5,13H,6-11,19H2,(H2,20,23). The molecule has 1 fully saturated rings. The summed E-state index contributed by atoms with van der Waals surface area (Å²) in [4.78, 5) is 26.3. The van der Waals surface area contributed by atoms with Crippen molar-refractivity contribution in [2.75, 3.05) is 18.8 Å². The van der Waals surface area contributed by atoms with E-state index in [4.69, 9.17) is 23.7 Å². The van der Waals surface area contributed by atoms with Gasteiger partial charge in [-0.05, 0) is 37.0 Å². The van der Waals surface area contributed by atoms with Gasteiger partial charge in [-0.3, -0.25) is 9.59 Å². The molecule has 1 aliphatic rings. The predicted molar refractivity (Wildman–Crippen MR) is 106 cm³/mol. The van der Waals surface area contributed by atoms with Crippen LogP contribution in [0.15, 0.2) is 30.3 Å². The molecule has 3 rings (SSSR count). The number of nitrogen functional groups attached to an aromatic ring is 1. The van der Waals surface area contributed by atoms with E-state index in [0.29, 0.717) is 47.1 Å². The van der Waals surface area contributed by atoms with Gasteiger partial charge in [0.05, 0.1) is 0 Å². The first-order valence-electron chi connectivity index (χ1n) is 8.59. The van der Waals surface area contributed by atoms with Crippen LogP contribution in [0.2, 0.25) is 0 Å². The van der Waals surface area contributed by atoms with Crippen molar-refractivity contribution >= 4 is 41.2 Å². The van der Waals surface area contributed by atoms with E-state index in [-0.39, 0.29) is 17.7 Å². The first-order valence-corrected chi connectivity index (χ1v) is 9.81. The van der Waals surface area contributed by atoms with Gasteiger partial charge in [0.2, 0.25) is 5.91 Å². The van der Waals surface area contributed by atoms with Crippen molar-refractivity contribution in [3.05, 3.63) is 44.7 Å². The number of aryl methyl sites for hydroxylation is 1. The van der Waals surface area contributed by atoms with Gasteiger partial charge in [-0.2, -0.15) is 0 Å². The molecule has 4 N–H and O–H groups in total. The van der Waals surface area contributed by atoms with Gasteiger partial charge in [0.25, 0.3) is 5.91 Å². The number of carbonyl (C=O) groups excluding carboxylic acids is 2. The van der Waals surface area contributed by atoms with Crippen LogP contribution in [0, 0.1) is 9.87 Å². The largest absolute Gasteiger partial charge is 0.384 e. The van der Waals surface area contributed by atoms with Crippen molar-refractivity contribution in [1.29, 1.82) is 0 Å². The number of aromatic nitrogens is 1. The Kier molecular flexibility index (Phi) is 5.73. The minimum Gasteiger partial charge on any atom is -0.384 e. The van der Waals surface area contributed by atoms with Gasteiger partial charge in [-0.15, -0.1) is 0 Å². The van der Waals surface area contributed by atoms with Crippen LogP contribution >= 0.6 is 23.6 Å². The SMILES string of the molecule is NC(=O)C1CCN(C(=O)c2sc(=S)n(CCc3ccccc3)c2N)CC1. The maximum Gasteiger partial charge on any atom is 0.267 e. The average Bonchev–Trinajstić information content (AvgIpc) is 2.94. The third-order valence-electron chi connectivity index (χ3n) is 4.78. The fraction of sp³-hybridized carbons (Fsp3) is 0.389. The van der Waals surface area contributed by atoms with Crippen LogP contribution < -0.4 is 11.5 Å². The number of anilines is 1. The molecule has 0 spiro atoms. The Labute approximate surface area is 161 Å². The zero-order chi connectivity index (χ0) is 18.7. The molecule has 0 aliphatic carbocycles. The molecule has 8 heteroatoms. The number of hydrogen-bond acceptors (Lipinski definition) is 5. The van der Waals surface area contributed by atoms with Crippen molar-refractivity contribution in [2.45, 2.75) is 25.8 Å². The van der Waals surface area contributed by atoms with Gasteiger partial charge in [0, 0.05) is 25.6 Å². The molecule has 2 aromatic rings. The third kappa shape index (κ3) is 3.96. The van der Waals surface area contributed by atoms with Crippen molar-refractivity contribution in [1.82, 2.24) is 9.47 Å². The first-order chi connectivity index (χ1) is 12.5. The molecular weight excluding hydrogens is 368 g/mol. The van der Waals surface area contributed by atoms with Gasteiger partial charge in [-0.25, -0.2) is 0 Å². The molecule has 1 aromatic heterocycles. The van der Waals surface area contributed by atoms with E-state index in [0.717, 1.165) is 6.42 Å². The van der Waals surface area contributed by atoms with E-state index in [2.05, 4.69) is 12.1 Å². The molecule has 26 heavy (non-hydrogen) atoms. The monoisotopic (exact) mass is 390 g/mol. The quantitative estimate of drug-likeness (QED) is 0.767. The van der Waals surface area contributed by atoms with E-state index >= 15 is 0 Å². The zero-order valence-electron chi connectivity index (χ0n) is 14.4. The third-order valence-corrected chi connectivity index (χ3v) is 6.23. The number of benzene rings is 1. The lowest BCUT2D eigenvalue weighted by Crippen LogP contribution is -2.41. The number of carbonyl (C=O) groups is 2. The molecule has 0 radical (unpaired) electrons. The Bertz CT molecular complexity index is 852. The van der Waals surface area contributed by atoms with Gasteiger partial charge in [-0.1, -0.05) is 41.7 Å². The van der Waals surface area contributed by atoms with E-state index in [1.807, 2.05) is 22.8 Å². The zero-order valence-corrected chi connectivity index (χ0v) is 16.0. The summed E-state index contributed by atoms with van der Waals surface area (Å²) >= 11 is 6.67. The molecule has 0 saturated carbocycles. The van der Waals surface area contributed by atoms with Gasteiger partial charge in [0.15, 0.2) is 3.95 Å². The summed E-state index contributed by atoms with van der Waals surface area (Å²) in [5.74, 6) is -0.123. The second kappa shape index (κ2) is 8.01. The average molecular weight is 391 g/mol. The van der Waals surface area contributed by atoms with Crippen molar-refractivity contribution in [3.63, 3.8) is 0 Å². The van der Waals surface area contributed by atoms with Crippen LogP contribution in [0.5, 0.6) is 0 Å². The molecule has 1 aliphatic heterocycles. The highest BCUT2D eigenvalue weighted by atomic mass is 32.1. The number of rotatable bonds is 5. The number of hydrogen-bond donors (Lipinski definition) is 2. The van der Waals surface area contributed by atoms with Crippen molar-refractivity contribution in [2.24, 2.45) is 11.7 Å². The number of piperidine rings is 1. The topological polar surface area (TPSA) is 94.4 Å². The molecule has 1 aromatic carbocycles. The fourth-order valence-corrected chi connectivity index (χ4v) is 4.52. The molecule has 1 saturated heterocycles. The summed E-state index contributed by atoms with van der Waals surface area (Å²) < 4.78 is 2.44. The lowest BCUT2D eigenvalue weighted by atomic mass is 9.96. The molecular formula is C18H22N4O2S2. The van der Waals surface area contributed by atoms with Crippen LogP contribution in [0.1, 0.15) is 28.1 Å². The summed E-state index contributed by atoms with van der Waals surface area (Å²) in [5.41, 5.74) is 12.8. The summed E-state index contributed by atoms with van der Waals surface area (Å²) in [6, 6.07) is 10.1. The van der Waals surface area contributed by atoms with Gasteiger partial charge < -0.3 is 20.9 Å². The summed E-state index contributed by atoms with van der Waals surface area (Å²) in [6.07, 6.45) is 2.00. The maximum atomic E-state index is 12.8. The highest BCUT2D eigenvalue weighted by molar-refractivity contribution is 7.73. The number of likely N-dealkylation sites (tertiary alicyclic amines) is 1. The van der Waals surface area contributed by atoms with Crippen LogP contribution in [0.25, 0.3) is 0 Å². The number of nitrogens with zero attached hydrogens (tertiary/aromatic N) is 2. The Morgan fingerprint density at radius 3 is 2.46 bits per heavy atom. The molecule has 0 atom stereocenters. The summed E-state index contributed by atoms with van der Waals surface area (Å²) in [5, 5.41) is 0. The highest BCUT2D eigenvalue weighted by Gasteiger charge is 2.29. The molecule has 138 valence electrons. The Morgan fingerprint density at radius 1 is 1.19 bits per heavy atom. The van der Waals surface area contributed by atoms with Crippen LogP contribution in [-0.4, -0.2) is 34.4 Å². The van der Waals surface area contributed by atoms with E-state index in [1.54, 1.807) is 4.90 Å². The van der Waals surface area contributed by atoms with E-state index in [9.17, 15) is 9.59 Å². The Hall–Kier alpha value is -2.19. The van der Waals surface area contributed by atoms with Crippen LogP contribution in [-0.2, 0) is 17.8 Å². The minimum atomic E-state index is -0.292. The fourth-order valence-electron chi connectivity index (χ4n) is 3.18. The lowest BCUT2D eigenvalue weighted by molar-refractivity contribution is -0.123. The van der Waals surface area contributed by atoms with Crippen LogP contribution in [0.3, 0.4) is 0 Å². The molecule has 2 amide bonds. The summed E-state index contributed by atoms with van der Waals surface area (Å²) in [7, 11) is 0. The Balaban J connectivity index is 1.70. The van der Waals surface area contributed by atoms with Gasteiger partial charge >= 0.3 is 0 Å². The van der Waals surface area contributed by atoms with Crippen LogP contribution in [0.4, 0.5) is 5.82 Å². The van der Waals surface area contributed by atoms with E-state index < -0.39 is 0 Å². The molecule has 0 bridgehead atoms. The maximum absolute atomic E-state index is 12.8. The Morgan fingerprint density at radius 2 is 1.85 bits per heavy atom. The van der Waals surface area contributed by atoms with Crippen molar-refractivity contribution < 1.29 is 9.59 Å².